The number of nitrogen functional groups attached to an aromatic ring is 1. The van der Waals surface area contributed by atoms with Gasteiger partial charge in [0.1, 0.15) is 5.54 Å². The van der Waals surface area contributed by atoms with Gasteiger partial charge in [-0.05, 0) is 42.0 Å². The highest BCUT2D eigenvalue weighted by Gasteiger charge is 2.64. The molecule has 2 aliphatic rings. The first-order valence-electron chi connectivity index (χ1n) is 11.1. The molecule has 36 heavy (non-hydrogen) atoms. The Labute approximate surface area is 221 Å². The number of aromatic carboxylic acids is 1. The summed E-state index contributed by atoms with van der Waals surface area (Å²) < 4.78 is 0. The van der Waals surface area contributed by atoms with E-state index in [9.17, 15) is 19.5 Å². The molecule has 2 aromatic carbocycles. The molecular weight excluding hydrogens is 523 g/mol. The van der Waals surface area contributed by atoms with Crippen molar-refractivity contribution in [1.29, 1.82) is 0 Å². The van der Waals surface area contributed by atoms with Crippen molar-refractivity contribution in [3.05, 3.63) is 80.0 Å². The van der Waals surface area contributed by atoms with Crippen molar-refractivity contribution in [3.63, 3.8) is 0 Å². The number of halogens is 2. The highest BCUT2D eigenvalue weighted by atomic mass is 35.5. The van der Waals surface area contributed by atoms with Crippen LogP contribution in [0.2, 0.25) is 10.0 Å². The monoisotopic (exact) mass is 544 g/mol. The number of urea groups is 1. The minimum absolute atomic E-state index is 0.229. The number of likely N-dealkylation sites (N-methyl/N-ethyl adjacent to an activating group) is 1. The van der Waals surface area contributed by atoms with Crippen molar-refractivity contribution >= 4 is 63.8 Å². The third kappa shape index (κ3) is 4.02. The van der Waals surface area contributed by atoms with Crippen LogP contribution < -0.4 is 10.6 Å². The minimum Gasteiger partial charge on any atom is -0.478 e. The van der Waals surface area contributed by atoms with E-state index in [0.717, 1.165) is 15.3 Å². The Morgan fingerprint density at radius 3 is 2.42 bits per heavy atom. The van der Waals surface area contributed by atoms with Crippen LogP contribution in [0.25, 0.3) is 0 Å². The molecule has 3 N–H and O–H groups in total. The molecule has 1 spiro atoms. The lowest BCUT2D eigenvalue weighted by molar-refractivity contribution is -0.124. The largest absolute Gasteiger partial charge is 0.478 e. The molecule has 3 amide bonds. The van der Waals surface area contributed by atoms with E-state index in [2.05, 4.69) is 4.90 Å². The number of nitrogens with zero attached hydrogens (tertiary/aromatic N) is 3. The number of amides is 3. The van der Waals surface area contributed by atoms with Crippen LogP contribution in [-0.2, 0) is 11.3 Å². The van der Waals surface area contributed by atoms with E-state index in [1.807, 2.05) is 12.1 Å². The average molecular weight is 545 g/mol. The fraction of sp³-hybridized carbons (Fsp3) is 0.240. The van der Waals surface area contributed by atoms with Gasteiger partial charge in [0.05, 0.1) is 11.3 Å². The number of hydrogen-bond donors (Lipinski definition) is 2. The molecule has 2 atom stereocenters. The normalized spacial score (nSPS) is 22.2. The molecule has 2 saturated heterocycles. The number of carbonyl (C=O) groups excluding carboxylic acids is 2. The SMILES string of the molecule is CN1C(=O)N(c2cc(Cl)cc(Cl)c2)C(=O)[C@@]12CN(Cc1cc(C(=O)O)cs1)C[C@@H]2c1ccc(N)cc1. The number of carboxylic acid groups (broad SMARTS) is 1. The first-order chi connectivity index (χ1) is 17.1. The molecule has 3 aromatic rings. The van der Waals surface area contributed by atoms with Crippen LogP contribution in [0, 0.1) is 0 Å². The van der Waals surface area contributed by atoms with Gasteiger partial charge in [0.2, 0.25) is 0 Å². The van der Waals surface area contributed by atoms with E-state index in [1.165, 1.54) is 22.3 Å². The highest BCUT2D eigenvalue weighted by molar-refractivity contribution is 7.10. The fourth-order valence-corrected chi connectivity index (χ4v) is 6.56. The summed E-state index contributed by atoms with van der Waals surface area (Å²) >= 11 is 13.7. The number of benzene rings is 2. The van der Waals surface area contributed by atoms with Crippen LogP contribution in [0.3, 0.4) is 0 Å². The Morgan fingerprint density at radius 2 is 1.81 bits per heavy atom. The number of rotatable bonds is 5. The second-order valence-electron chi connectivity index (χ2n) is 9.03. The van der Waals surface area contributed by atoms with Gasteiger partial charge in [0.15, 0.2) is 0 Å². The van der Waals surface area contributed by atoms with Gasteiger partial charge in [0, 0.05) is 58.6 Å². The molecule has 0 unspecified atom stereocenters. The number of thiophene rings is 1. The lowest BCUT2D eigenvalue weighted by Gasteiger charge is -2.34. The van der Waals surface area contributed by atoms with E-state index >= 15 is 0 Å². The number of hydrogen-bond acceptors (Lipinski definition) is 6. The van der Waals surface area contributed by atoms with Crippen LogP contribution in [0.1, 0.15) is 26.7 Å². The Kier molecular flexibility index (Phi) is 6.20. The summed E-state index contributed by atoms with van der Waals surface area (Å²) in [6.07, 6.45) is 0. The Hall–Kier alpha value is -3.11. The summed E-state index contributed by atoms with van der Waals surface area (Å²) in [5.41, 5.74) is 6.74. The summed E-state index contributed by atoms with van der Waals surface area (Å²) in [5, 5.41) is 11.5. The molecule has 3 heterocycles. The minimum atomic E-state index is -1.19. The second-order valence-corrected chi connectivity index (χ2v) is 10.9. The van der Waals surface area contributed by atoms with Gasteiger partial charge in [-0.15, -0.1) is 11.3 Å². The van der Waals surface area contributed by atoms with Crippen LogP contribution >= 0.6 is 34.5 Å². The molecule has 0 bridgehead atoms. The molecule has 2 fully saturated rings. The van der Waals surface area contributed by atoms with E-state index in [0.29, 0.717) is 34.5 Å². The molecule has 5 rings (SSSR count). The van der Waals surface area contributed by atoms with Gasteiger partial charge in [-0.25, -0.2) is 14.5 Å². The highest BCUT2D eigenvalue weighted by Crippen LogP contribution is 2.47. The first kappa shape index (κ1) is 24.6. The van der Waals surface area contributed by atoms with Crippen molar-refractivity contribution in [2.75, 3.05) is 30.8 Å². The average Bonchev–Trinajstić information content (AvgIpc) is 3.48. The van der Waals surface area contributed by atoms with Crippen molar-refractivity contribution in [2.24, 2.45) is 0 Å². The number of likely N-dealkylation sites (tertiary alicyclic amines) is 1. The fourth-order valence-electron chi connectivity index (χ4n) is 5.15. The van der Waals surface area contributed by atoms with E-state index in [1.54, 1.807) is 42.8 Å². The van der Waals surface area contributed by atoms with Crippen molar-refractivity contribution in [3.8, 4) is 0 Å². The molecular formula is C25H22Cl2N4O4S. The zero-order chi connectivity index (χ0) is 25.8. The van der Waals surface area contributed by atoms with Crippen molar-refractivity contribution < 1.29 is 19.5 Å². The lowest BCUT2D eigenvalue weighted by atomic mass is 9.80. The van der Waals surface area contributed by atoms with Crippen LogP contribution in [0.5, 0.6) is 0 Å². The molecule has 0 radical (unpaired) electrons. The van der Waals surface area contributed by atoms with E-state index in [-0.39, 0.29) is 23.9 Å². The van der Waals surface area contributed by atoms with Gasteiger partial charge in [-0.1, -0.05) is 35.3 Å². The Balaban J connectivity index is 1.56. The number of imide groups is 1. The molecule has 186 valence electrons. The summed E-state index contributed by atoms with van der Waals surface area (Å²) in [6.45, 7) is 1.20. The van der Waals surface area contributed by atoms with Gasteiger partial charge >= 0.3 is 12.0 Å². The number of carboxylic acids is 1. The summed E-state index contributed by atoms with van der Waals surface area (Å²) in [5.74, 6) is -1.70. The predicted molar refractivity (Wildman–Crippen MR) is 140 cm³/mol. The maximum absolute atomic E-state index is 14.2. The molecule has 0 saturated carbocycles. The zero-order valence-electron chi connectivity index (χ0n) is 19.1. The van der Waals surface area contributed by atoms with Crippen molar-refractivity contribution in [1.82, 2.24) is 9.80 Å². The Morgan fingerprint density at radius 1 is 1.14 bits per heavy atom. The van der Waals surface area contributed by atoms with Gasteiger partial charge in [-0.2, -0.15) is 0 Å². The smallest absolute Gasteiger partial charge is 0.336 e. The predicted octanol–water partition coefficient (Wildman–Crippen LogP) is 4.77. The molecule has 1 aromatic heterocycles. The third-order valence-corrected chi connectivity index (χ3v) is 8.21. The summed E-state index contributed by atoms with van der Waals surface area (Å²) in [6, 6.07) is 13.1. The van der Waals surface area contributed by atoms with Crippen LogP contribution in [0.4, 0.5) is 16.2 Å². The maximum atomic E-state index is 14.2. The zero-order valence-corrected chi connectivity index (χ0v) is 21.5. The van der Waals surface area contributed by atoms with Gasteiger partial charge in [0.25, 0.3) is 5.91 Å². The number of carbonyl (C=O) groups is 3. The molecule has 2 aliphatic heterocycles. The standard InChI is InChI=1S/C25H22Cl2N4O4S/c1-29-24(35)31(19-8-16(26)7-17(27)9-19)23(34)25(29)13-30(10-20-6-15(12-36-20)22(32)33)11-21(25)14-2-4-18(28)5-3-14/h2-9,12,21H,10-11,13,28H2,1H3,(H,32,33)/t21-,25+/m1/s1. The summed E-state index contributed by atoms with van der Waals surface area (Å²) in [4.78, 5) is 44.6. The van der Waals surface area contributed by atoms with Crippen LogP contribution in [-0.4, -0.2) is 58.5 Å². The number of nitrogens with two attached hydrogens (primary N) is 1. The van der Waals surface area contributed by atoms with Gasteiger partial charge in [-0.3, -0.25) is 9.69 Å². The van der Waals surface area contributed by atoms with E-state index < -0.39 is 17.5 Å². The topological polar surface area (TPSA) is 107 Å². The summed E-state index contributed by atoms with van der Waals surface area (Å²) in [7, 11) is 1.63. The second kappa shape index (κ2) is 9.08. The molecule has 11 heteroatoms. The first-order valence-corrected chi connectivity index (χ1v) is 12.7. The maximum Gasteiger partial charge on any atom is 0.336 e. The van der Waals surface area contributed by atoms with Crippen molar-refractivity contribution in [2.45, 2.75) is 18.0 Å². The third-order valence-electron chi connectivity index (χ3n) is 6.86. The molecule has 8 nitrogen and oxygen atoms in total. The molecule has 0 aliphatic carbocycles. The lowest BCUT2D eigenvalue weighted by Crippen LogP contribution is -2.53. The van der Waals surface area contributed by atoms with E-state index in [4.69, 9.17) is 28.9 Å². The van der Waals surface area contributed by atoms with Crippen LogP contribution in [0.15, 0.2) is 53.9 Å². The van der Waals surface area contributed by atoms with Gasteiger partial charge < -0.3 is 15.7 Å². The number of anilines is 2. The quantitative estimate of drug-likeness (QED) is 0.353. The Bertz CT molecular complexity index is 1360.